The zero-order valence-electron chi connectivity index (χ0n) is 13.8. The Morgan fingerprint density at radius 2 is 2.04 bits per heavy atom. The third kappa shape index (κ3) is 4.51. The van der Waals surface area contributed by atoms with E-state index in [0.29, 0.717) is 42.2 Å². The molecule has 26 heavy (non-hydrogen) atoms. The van der Waals surface area contributed by atoms with Crippen molar-refractivity contribution in [3.8, 4) is 6.07 Å². The largest absolute Gasteiger partial charge is 0.352 e. The number of carbonyl (C=O) groups excluding carboxylic acids is 1. The van der Waals surface area contributed by atoms with Crippen LogP contribution < -0.4 is 5.32 Å². The number of hydrogen-bond acceptors (Lipinski definition) is 5. The number of rotatable bonds is 6. The molecule has 6 nitrogen and oxygen atoms in total. The molecule has 3 aromatic rings. The number of nitrogens with zero attached hydrogens (tertiary/aromatic N) is 3. The fourth-order valence-electron chi connectivity index (χ4n) is 2.36. The maximum atomic E-state index is 12.9. The molecule has 0 fully saturated rings. The van der Waals surface area contributed by atoms with Gasteiger partial charge in [-0.3, -0.25) is 4.79 Å². The van der Waals surface area contributed by atoms with Gasteiger partial charge >= 0.3 is 0 Å². The van der Waals surface area contributed by atoms with Gasteiger partial charge in [-0.15, -0.1) is 0 Å². The van der Waals surface area contributed by atoms with Gasteiger partial charge < -0.3 is 9.84 Å². The highest BCUT2D eigenvalue weighted by molar-refractivity contribution is 5.94. The summed E-state index contributed by atoms with van der Waals surface area (Å²) in [7, 11) is 0. The van der Waals surface area contributed by atoms with Gasteiger partial charge in [0.25, 0.3) is 5.91 Å². The van der Waals surface area contributed by atoms with Gasteiger partial charge in [-0.25, -0.2) is 4.39 Å². The minimum absolute atomic E-state index is 0.270. The monoisotopic (exact) mass is 350 g/mol. The first-order chi connectivity index (χ1) is 12.6. The number of aromatic nitrogens is 2. The molecule has 1 N–H and O–H groups in total. The lowest BCUT2D eigenvalue weighted by Gasteiger charge is -2.03. The molecule has 0 spiro atoms. The molecule has 7 heteroatoms. The molecule has 0 aliphatic carbocycles. The van der Waals surface area contributed by atoms with E-state index >= 15 is 0 Å². The van der Waals surface area contributed by atoms with Crippen molar-refractivity contribution in [2.75, 3.05) is 6.54 Å². The summed E-state index contributed by atoms with van der Waals surface area (Å²) in [5.74, 6) is 0.347. The van der Waals surface area contributed by atoms with E-state index in [4.69, 9.17) is 9.78 Å². The second-order valence-corrected chi connectivity index (χ2v) is 5.61. The molecule has 0 aliphatic heterocycles. The summed E-state index contributed by atoms with van der Waals surface area (Å²) in [6.45, 7) is 0.327. The quantitative estimate of drug-likeness (QED) is 0.738. The Morgan fingerprint density at radius 1 is 1.23 bits per heavy atom. The minimum atomic E-state index is -0.293. The minimum Gasteiger partial charge on any atom is -0.352 e. The van der Waals surface area contributed by atoms with Gasteiger partial charge in [-0.2, -0.15) is 10.2 Å². The SMILES string of the molecule is N#Cc1cccc(C(=O)NCCc2nc(Cc3ccc(F)cc3)no2)c1. The summed E-state index contributed by atoms with van der Waals surface area (Å²) >= 11 is 0. The Hall–Kier alpha value is -3.53. The van der Waals surface area contributed by atoms with Crippen LogP contribution in [-0.2, 0) is 12.8 Å². The molecule has 1 heterocycles. The van der Waals surface area contributed by atoms with E-state index < -0.39 is 0 Å². The van der Waals surface area contributed by atoms with Crippen molar-refractivity contribution in [3.05, 3.63) is 82.8 Å². The zero-order chi connectivity index (χ0) is 18.4. The lowest BCUT2D eigenvalue weighted by Crippen LogP contribution is -2.25. The highest BCUT2D eigenvalue weighted by Crippen LogP contribution is 2.09. The normalized spacial score (nSPS) is 10.3. The summed E-state index contributed by atoms with van der Waals surface area (Å²) in [6.07, 6.45) is 0.831. The third-order valence-corrected chi connectivity index (χ3v) is 3.66. The van der Waals surface area contributed by atoms with Crippen molar-refractivity contribution in [1.82, 2.24) is 15.5 Å². The number of halogens is 1. The number of carbonyl (C=O) groups is 1. The predicted octanol–water partition coefficient (Wildman–Crippen LogP) is 2.64. The molecular formula is C19H15FN4O2. The van der Waals surface area contributed by atoms with E-state index in [2.05, 4.69) is 15.5 Å². The van der Waals surface area contributed by atoms with Crippen molar-refractivity contribution in [2.24, 2.45) is 0 Å². The van der Waals surface area contributed by atoms with Crippen LogP contribution in [0.15, 0.2) is 53.1 Å². The van der Waals surface area contributed by atoms with Crippen LogP contribution in [0.4, 0.5) is 4.39 Å². The Kier molecular flexibility index (Phi) is 5.34. The Bertz CT molecular complexity index is 945. The molecule has 3 rings (SSSR count). The highest BCUT2D eigenvalue weighted by atomic mass is 19.1. The van der Waals surface area contributed by atoms with E-state index in [-0.39, 0.29) is 11.7 Å². The summed E-state index contributed by atoms with van der Waals surface area (Å²) in [5, 5.41) is 15.5. The molecule has 130 valence electrons. The van der Waals surface area contributed by atoms with Crippen molar-refractivity contribution >= 4 is 5.91 Å². The molecule has 0 radical (unpaired) electrons. The van der Waals surface area contributed by atoms with E-state index in [0.717, 1.165) is 5.56 Å². The van der Waals surface area contributed by atoms with Crippen molar-refractivity contribution in [3.63, 3.8) is 0 Å². The number of nitriles is 1. The van der Waals surface area contributed by atoms with Crippen LogP contribution in [0.25, 0.3) is 0 Å². The summed E-state index contributed by atoms with van der Waals surface area (Å²) < 4.78 is 18.1. The fourth-order valence-corrected chi connectivity index (χ4v) is 2.36. The molecule has 1 aromatic heterocycles. The van der Waals surface area contributed by atoms with E-state index in [9.17, 15) is 9.18 Å². The topological polar surface area (TPSA) is 91.8 Å². The first-order valence-electron chi connectivity index (χ1n) is 7.98. The Balaban J connectivity index is 1.51. The number of nitrogens with one attached hydrogen (secondary N) is 1. The molecule has 0 bridgehead atoms. The second kappa shape index (κ2) is 8.03. The van der Waals surface area contributed by atoms with Crippen LogP contribution in [-0.4, -0.2) is 22.6 Å². The fraction of sp³-hybridized carbons (Fsp3) is 0.158. The maximum Gasteiger partial charge on any atom is 0.251 e. The molecular weight excluding hydrogens is 335 g/mol. The van der Waals surface area contributed by atoms with E-state index in [1.165, 1.54) is 18.2 Å². The lowest BCUT2D eigenvalue weighted by molar-refractivity contribution is 0.0953. The number of hydrogen-bond donors (Lipinski definition) is 1. The molecule has 0 aliphatic rings. The molecule has 0 saturated heterocycles. The van der Waals surface area contributed by atoms with E-state index in [1.807, 2.05) is 6.07 Å². The Morgan fingerprint density at radius 3 is 2.81 bits per heavy atom. The van der Waals surface area contributed by atoms with Crippen LogP contribution >= 0.6 is 0 Å². The van der Waals surface area contributed by atoms with E-state index in [1.54, 1.807) is 30.3 Å². The number of benzene rings is 2. The highest BCUT2D eigenvalue weighted by Gasteiger charge is 2.09. The molecule has 0 saturated carbocycles. The van der Waals surface area contributed by atoms with Gasteiger partial charge in [-0.05, 0) is 35.9 Å². The molecule has 0 atom stereocenters. The predicted molar refractivity (Wildman–Crippen MR) is 90.7 cm³/mol. The lowest BCUT2D eigenvalue weighted by atomic mass is 10.1. The second-order valence-electron chi connectivity index (χ2n) is 5.61. The summed E-state index contributed by atoms with van der Waals surface area (Å²) in [6, 6.07) is 14.6. The van der Waals surface area contributed by atoms with Gasteiger partial charge in [-0.1, -0.05) is 23.4 Å². The van der Waals surface area contributed by atoms with Crippen molar-refractivity contribution < 1.29 is 13.7 Å². The van der Waals surface area contributed by atoms with Gasteiger partial charge in [0.05, 0.1) is 11.6 Å². The van der Waals surface area contributed by atoms with Gasteiger partial charge in [0.2, 0.25) is 5.89 Å². The summed E-state index contributed by atoms with van der Waals surface area (Å²) in [4.78, 5) is 16.3. The van der Waals surface area contributed by atoms with Crippen molar-refractivity contribution in [1.29, 1.82) is 5.26 Å². The number of amides is 1. The maximum absolute atomic E-state index is 12.9. The first kappa shape index (κ1) is 17.3. The molecule has 0 unspecified atom stereocenters. The van der Waals surface area contributed by atoms with Crippen LogP contribution in [0.1, 0.15) is 33.2 Å². The van der Waals surface area contributed by atoms with Gasteiger partial charge in [0, 0.05) is 24.9 Å². The van der Waals surface area contributed by atoms with Gasteiger partial charge in [0.1, 0.15) is 5.82 Å². The molecule has 1 amide bonds. The van der Waals surface area contributed by atoms with Crippen LogP contribution in [0, 0.1) is 17.1 Å². The Labute approximate surface area is 149 Å². The van der Waals surface area contributed by atoms with Crippen molar-refractivity contribution in [2.45, 2.75) is 12.8 Å². The standard InChI is InChI=1S/C19H15FN4O2/c20-16-6-4-13(5-7-16)11-17-23-18(26-24-17)8-9-22-19(25)15-3-1-2-14(10-15)12-21/h1-7,10H,8-9,11H2,(H,22,25). The van der Waals surface area contributed by atoms with Gasteiger partial charge in [0.15, 0.2) is 5.82 Å². The molecule has 2 aromatic carbocycles. The summed E-state index contributed by atoms with van der Waals surface area (Å²) in [5.41, 5.74) is 1.73. The average molecular weight is 350 g/mol. The third-order valence-electron chi connectivity index (χ3n) is 3.66. The average Bonchev–Trinajstić information content (AvgIpc) is 3.11. The van der Waals surface area contributed by atoms with Crippen LogP contribution in [0.3, 0.4) is 0 Å². The van der Waals surface area contributed by atoms with Crippen LogP contribution in [0.2, 0.25) is 0 Å². The smallest absolute Gasteiger partial charge is 0.251 e. The van der Waals surface area contributed by atoms with Crippen LogP contribution in [0.5, 0.6) is 0 Å². The first-order valence-corrected chi connectivity index (χ1v) is 7.98. The zero-order valence-corrected chi connectivity index (χ0v) is 13.8.